The molecule has 0 atom stereocenters. The summed E-state index contributed by atoms with van der Waals surface area (Å²) in [5.74, 6) is 1.46. The van der Waals surface area contributed by atoms with Crippen LogP contribution in [0, 0.1) is 0 Å². The van der Waals surface area contributed by atoms with Crippen molar-refractivity contribution in [2.45, 2.75) is 16.0 Å². The highest BCUT2D eigenvalue weighted by atomic mass is 32.2. The van der Waals surface area contributed by atoms with Gasteiger partial charge in [0.25, 0.3) is 0 Å². The number of thioether (sulfide) groups is 2. The number of benzene rings is 1. The van der Waals surface area contributed by atoms with E-state index in [0.29, 0.717) is 16.3 Å². The number of aromatic nitrogens is 1. The van der Waals surface area contributed by atoms with Crippen LogP contribution in [0.15, 0.2) is 52.5 Å². The van der Waals surface area contributed by atoms with Crippen molar-refractivity contribution in [3.05, 3.63) is 48.3 Å². The third kappa shape index (κ3) is 4.86. The van der Waals surface area contributed by atoms with Crippen molar-refractivity contribution in [1.29, 1.82) is 0 Å². The van der Waals surface area contributed by atoms with Gasteiger partial charge in [0.2, 0.25) is 0 Å². The molecule has 0 spiro atoms. The van der Waals surface area contributed by atoms with Crippen LogP contribution in [0.25, 0.3) is 0 Å². The monoisotopic (exact) mass is 330 g/mol. The normalized spacial score (nSPS) is 11.6. The number of nitrogens with zero attached hydrogens (tertiary/aromatic N) is 1. The Balaban J connectivity index is 1.85. The molecule has 1 aromatic heterocycles. The smallest absolute Gasteiger partial charge is 0.397 e. The Hall–Kier alpha value is -1.34. The van der Waals surface area contributed by atoms with Gasteiger partial charge in [-0.2, -0.15) is 13.2 Å². The van der Waals surface area contributed by atoms with Gasteiger partial charge in [0.1, 0.15) is 0 Å². The van der Waals surface area contributed by atoms with Gasteiger partial charge < -0.3 is 5.73 Å². The van der Waals surface area contributed by atoms with Crippen LogP contribution in [0.5, 0.6) is 0 Å². The summed E-state index contributed by atoms with van der Waals surface area (Å²) in [6.45, 7) is 0. The number of pyridine rings is 1. The lowest BCUT2D eigenvalue weighted by Crippen LogP contribution is -2.04. The first-order chi connectivity index (χ1) is 9.97. The molecule has 0 bridgehead atoms. The van der Waals surface area contributed by atoms with Gasteiger partial charge in [0.05, 0.1) is 17.4 Å². The van der Waals surface area contributed by atoms with E-state index in [9.17, 15) is 13.2 Å². The first kappa shape index (κ1) is 16.0. The Morgan fingerprint density at radius 2 is 1.86 bits per heavy atom. The minimum absolute atomic E-state index is 0.612. The van der Waals surface area contributed by atoms with E-state index in [4.69, 9.17) is 5.73 Å². The van der Waals surface area contributed by atoms with E-state index in [1.807, 2.05) is 6.07 Å². The van der Waals surface area contributed by atoms with E-state index >= 15 is 0 Å². The molecule has 0 unspecified atom stereocenters. The topological polar surface area (TPSA) is 38.9 Å². The van der Waals surface area contributed by atoms with Crippen LogP contribution in [0.4, 0.5) is 18.9 Å². The lowest BCUT2D eigenvalue weighted by atomic mass is 10.2. The molecule has 21 heavy (non-hydrogen) atoms. The number of alkyl halides is 3. The van der Waals surface area contributed by atoms with E-state index < -0.39 is 11.7 Å². The van der Waals surface area contributed by atoms with Crippen LogP contribution in [-0.2, 0) is 6.18 Å². The first-order valence-corrected chi connectivity index (χ1v) is 8.06. The first-order valence-electron chi connectivity index (χ1n) is 6.09. The molecule has 2 nitrogen and oxygen atoms in total. The zero-order valence-corrected chi connectivity index (χ0v) is 12.6. The summed E-state index contributed by atoms with van der Waals surface area (Å²) in [5, 5.41) is 0. The predicted molar refractivity (Wildman–Crippen MR) is 81.5 cm³/mol. The van der Waals surface area contributed by atoms with Crippen molar-refractivity contribution >= 4 is 29.2 Å². The van der Waals surface area contributed by atoms with E-state index in [2.05, 4.69) is 4.98 Å². The van der Waals surface area contributed by atoms with Crippen molar-refractivity contribution in [2.75, 3.05) is 17.2 Å². The van der Waals surface area contributed by atoms with Gasteiger partial charge in [0, 0.05) is 27.5 Å². The minimum Gasteiger partial charge on any atom is -0.397 e. The molecule has 0 aliphatic carbocycles. The second kappa shape index (κ2) is 7.09. The number of halogens is 3. The largest absolute Gasteiger partial charge is 0.416 e. The third-order valence-electron chi connectivity index (χ3n) is 2.58. The summed E-state index contributed by atoms with van der Waals surface area (Å²) >= 11 is 2.97. The SMILES string of the molecule is Nc1cnccc1SCCSc1cccc(C(F)(F)F)c1. The van der Waals surface area contributed by atoms with Crippen molar-refractivity contribution in [2.24, 2.45) is 0 Å². The highest BCUT2D eigenvalue weighted by Crippen LogP contribution is 2.32. The fourth-order valence-corrected chi connectivity index (χ4v) is 3.48. The summed E-state index contributed by atoms with van der Waals surface area (Å²) in [6, 6.07) is 7.20. The van der Waals surface area contributed by atoms with E-state index in [-0.39, 0.29) is 0 Å². The molecule has 0 aliphatic rings. The second-order valence-corrected chi connectivity index (χ2v) is 6.44. The number of rotatable bonds is 5. The van der Waals surface area contributed by atoms with Gasteiger partial charge >= 0.3 is 6.18 Å². The van der Waals surface area contributed by atoms with Gasteiger partial charge in [0.15, 0.2) is 0 Å². The Kier molecular flexibility index (Phi) is 5.41. The summed E-state index contributed by atoms with van der Waals surface area (Å²) in [7, 11) is 0. The van der Waals surface area contributed by atoms with Crippen LogP contribution in [0.3, 0.4) is 0 Å². The highest BCUT2D eigenvalue weighted by Gasteiger charge is 2.30. The van der Waals surface area contributed by atoms with E-state index in [1.54, 1.807) is 30.2 Å². The number of nitrogens with two attached hydrogens (primary N) is 1. The molecular weight excluding hydrogens is 317 g/mol. The maximum absolute atomic E-state index is 12.6. The molecular formula is C14H13F3N2S2. The lowest BCUT2D eigenvalue weighted by molar-refractivity contribution is -0.137. The van der Waals surface area contributed by atoms with Crippen molar-refractivity contribution in [3.63, 3.8) is 0 Å². The molecule has 7 heteroatoms. The molecule has 112 valence electrons. The zero-order valence-electron chi connectivity index (χ0n) is 10.9. The van der Waals surface area contributed by atoms with Crippen LogP contribution in [0.2, 0.25) is 0 Å². The molecule has 2 N–H and O–H groups in total. The minimum atomic E-state index is -4.29. The second-order valence-electron chi connectivity index (χ2n) is 4.14. The van der Waals surface area contributed by atoms with Crippen molar-refractivity contribution < 1.29 is 13.2 Å². The fraction of sp³-hybridized carbons (Fsp3) is 0.214. The maximum atomic E-state index is 12.6. The van der Waals surface area contributed by atoms with Crippen molar-refractivity contribution in [3.8, 4) is 0 Å². The molecule has 0 fully saturated rings. The number of nitrogen functional groups attached to an aromatic ring is 1. The van der Waals surface area contributed by atoms with Crippen LogP contribution in [0.1, 0.15) is 5.56 Å². The Morgan fingerprint density at radius 3 is 2.57 bits per heavy atom. The zero-order chi connectivity index (χ0) is 15.3. The summed E-state index contributed by atoms with van der Waals surface area (Å²) < 4.78 is 37.8. The van der Waals surface area contributed by atoms with Gasteiger partial charge in [-0.25, -0.2) is 0 Å². The van der Waals surface area contributed by atoms with E-state index in [1.165, 1.54) is 23.9 Å². The predicted octanol–water partition coefficient (Wildman–Crippen LogP) is 4.57. The molecule has 0 radical (unpaired) electrons. The van der Waals surface area contributed by atoms with Crippen LogP contribution >= 0.6 is 23.5 Å². The third-order valence-corrected chi connectivity index (χ3v) is 4.93. The van der Waals surface area contributed by atoms with Gasteiger partial charge in [-0.1, -0.05) is 6.07 Å². The Labute approximate surface area is 129 Å². The van der Waals surface area contributed by atoms with Gasteiger partial charge in [-0.3, -0.25) is 4.98 Å². The average molecular weight is 330 g/mol. The lowest BCUT2D eigenvalue weighted by Gasteiger charge is -2.08. The molecule has 2 aromatic rings. The van der Waals surface area contributed by atoms with Crippen LogP contribution < -0.4 is 5.73 Å². The molecule has 1 aromatic carbocycles. The summed E-state index contributed by atoms with van der Waals surface area (Å²) in [5.41, 5.74) is 5.77. The average Bonchev–Trinajstić information content (AvgIpc) is 2.45. The summed E-state index contributed by atoms with van der Waals surface area (Å²) in [6.07, 6.45) is -1.04. The standard InChI is InChI=1S/C14H13F3N2S2/c15-14(16,17)10-2-1-3-11(8-10)20-6-7-21-13-4-5-19-9-12(13)18/h1-5,8-9H,6-7,18H2. The molecule has 0 saturated carbocycles. The van der Waals surface area contributed by atoms with Crippen molar-refractivity contribution in [1.82, 2.24) is 4.98 Å². The number of anilines is 1. The Bertz CT molecular complexity index is 603. The molecule has 1 heterocycles. The van der Waals surface area contributed by atoms with Crippen LogP contribution in [-0.4, -0.2) is 16.5 Å². The molecule has 2 rings (SSSR count). The number of hydrogen-bond acceptors (Lipinski definition) is 4. The molecule has 0 aliphatic heterocycles. The maximum Gasteiger partial charge on any atom is 0.416 e. The molecule has 0 saturated heterocycles. The quantitative estimate of drug-likeness (QED) is 0.644. The summed E-state index contributed by atoms with van der Waals surface area (Å²) in [4.78, 5) is 5.46. The highest BCUT2D eigenvalue weighted by molar-refractivity contribution is 8.03. The van der Waals surface area contributed by atoms with Gasteiger partial charge in [-0.05, 0) is 24.3 Å². The fourth-order valence-electron chi connectivity index (χ4n) is 1.60. The van der Waals surface area contributed by atoms with E-state index in [0.717, 1.165) is 16.7 Å². The van der Waals surface area contributed by atoms with Gasteiger partial charge in [-0.15, -0.1) is 23.5 Å². The molecule has 0 amide bonds. The Morgan fingerprint density at radius 1 is 1.10 bits per heavy atom. The number of hydrogen-bond donors (Lipinski definition) is 1.